The SMILES string of the molecule is Cc1nnc(-c2cccc(-n3ccc(N(CCN(C)Cc4ccccc4)C(=O)c4cccs4)n3)c2)o1. The number of hydrogen-bond donors (Lipinski definition) is 0. The lowest BCUT2D eigenvalue weighted by atomic mass is 10.2. The fraction of sp³-hybridized carbons (Fsp3) is 0.185. The monoisotopic (exact) mass is 498 g/mol. The minimum Gasteiger partial charge on any atom is -0.421 e. The third-order valence-electron chi connectivity index (χ3n) is 5.71. The molecule has 0 radical (unpaired) electrons. The lowest BCUT2D eigenvalue weighted by Gasteiger charge is -2.24. The van der Waals surface area contributed by atoms with Crippen molar-refractivity contribution in [2.75, 3.05) is 25.0 Å². The van der Waals surface area contributed by atoms with Crippen molar-refractivity contribution in [3.05, 3.63) is 101 Å². The van der Waals surface area contributed by atoms with Gasteiger partial charge in [0.1, 0.15) is 0 Å². The lowest BCUT2D eigenvalue weighted by Crippen LogP contribution is -2.37. The number of anilines is 1. The summed E-state index contributed by atoms with van der Waals surface area (Å²) in [5.74, 6) is 1.51. The highest BCUT2D eigenvalue weighted by Crippen LogP contribution is 2.23. The van der Waals surface area contributed by atoms with Gasteiger partial charge in [-0.1, -0.05) is 42.5 Å². The second-order valence-corrected chi connectivity index (χ2v) is 9.40. The summed E-state index contributed by atoms with van der Waals surface area (Å²) in [4.78, 5) is 18.0. The molecule has 0 unspecified atom stereocenters. The van der Waals surface area contributed by atoms with E-state index in [0.29, 0.717) is 35.6 Å². The van der Waals surface area contributed by atoms with Crippen LogP contribution < -0.4 is 4.90 Å². The van der Waals surface area contributed by atoms with Gasteiger partial charge in [-0.3, -0.25) is 9.69 Å². The Bertz CT molecular complexity index is 1430. The van der Waals surface area contributed by atoms with E-state index >= 15 is 0 Å². The Kier molecular flexibility index (Phi) is 7.01. The smallest absolute Gasteiger partial charge is 0.269 e. The van der Waals surface area contributed by atoms with Crippen LogP contribution in [0.25, 0.3) is 17.1 Å². The molecular weight excluding hydrogens is 472 g/mol. The number of carbonyl (C=O) groups is 1. The molecule has 0 N–H and O–H groups in total. The van der Waals surface area contributed by atoms with Crippen molar-refractivity contribution < 1.29 is 9.21 Å². The Morgan fingerprint density at radius 1 is 1.00 bits per heavy atom. The molecule has 5 rings (SSSR count). The molecule has 1 amide bonds. The van der Waals surface area contributed by atoms with Crippen LogP contribution in [0.5, 0.6) is 0 Å². The minimum atomic E-state index is -0.0570. The quantitative estimate of drug-likeness (QED) is 0.282. The van der Waals surface area contributed by atoms with Gasteiger partial charge in [-0.15, -0.1) is 26.6 Å². The first-order valence-corrected chi connectivity index (χ1v) is 12.5. The summed E-state index contributed by atoms with van der Waals surface area (Å²) in [6.07, 6.45) is 1.86. The summed E-state index contributed by atoms with van der Waals surface area (Å²) >= 11 is 1.43. The molecule has 0 aliphatic rings. The zero-order valence-corrected chi connectivity index (χ0v) is 20.9. The Morgan fingerprint density at radius 2 is 1.86 bits per heavy atom. The van der Waals surface area contributed by atoms with Crippen LogP contribution in [0, 0.1) is 6.92 Å². The maximum absolute atomic E-state index is 13.4. The fourth-order valence-electron chi connectivity index (χ4n) is 3.89. The molecule has 2 aromatic carbocycles. The normalized spacial score (nSPS) is 11.2. The number of likely N-dealkylation sites (N-methyl/N-ethyl adjacent to an activating group) is 1. The van der Waals surface area contributed by atoms with E-state index in [2.05, 4.69) is 34.3 Å². The third kappa shape index (κ3) is 5.42. The molecular formula is C27H26N6O2S. The zero-order chi connectivity index (χ0) is 24.9. The number of hydrogen-bond acceptors (Lipinski definition) is 7. The van der Waals surface area contributed by atoms with Gasteiger partial charge in [0.25, 0.3) is 5.91 Å². The molecule has 0 spiro atoms. The Morgan fingerprint density at radius 3 is 2.61 bits per heavy atom. The lowest BCUT2D eigenvalue weighted by molar-refractivity contribution is 0.0987. The van der Waals surface area contributed by atoms with E-state index in [4.69, 9.17) is 9.52 Å². The molecule has 0 aliphatic carbocycles. The van der Waals surface area contributed by atoms with Gasteiger partial charge in [0, 0.05) is 44.4 Å². The molecule has 0 saturated heterocycles. The van der Waals surface area contributed by atoms with Gasteiger partial charge in [0.05, 0.1) is 10.6 Å². The van der Waals surface area contributed by atoms with E-state index in [0.717, 1.165) is 17.8 Å². The van der Waals surface area contributed by atoms with Crippen LogP contribution in [0.15, 0.2) is 88.8 Å². The first kappa shape index (κ1) is 23.7. The molecule has 0 fully saturated rings. The van der Waals surface area contributed by atoms with Crippen molar-refractivity contribution in [3.63, 3.8) is 0 Å². The van der Waals surface area contributed by atoms with Crippen molar-refractivity contribution in [2.24, 2.45) is 0 Å². The summed E-state index contributed by atoms with van der Waals surface area (Å²) in [5.41, 5.74) is 2.87. The number of aromatic nitrogens is 4. The van der Waals surface area contributed by atoms with E-state index < -0.39 is 0 Å². The average molecular weight is 499 g/mol. The molecule has 0 aliphatic heterocycles. The number of benzene rings is 2. The van der Waals surface area contributed by atoms with Crippen LogP contribution in [0.2, 0.25) is 0 Å². The van der Waals surface area contributed by atoms with Crippen LogP contribution in [-0.4, -0.2) is 50.9 Å². The molecule has 36 heavy (non-hydrogen) atoms. The first-order valence-electron chi connectivity index (χ1n) is 11.6. The van der Waals surface area contributed by atoms with E-state index in [1.165, 1.54) is 16.9 Å². The molecule has 0 atom stereocenters. The molecule has 182 valence electrons. The van der Waals surface area contributed by atoms with Crippen molar-refractivity contribution >= 4 is 23.1 Å². The number of amides is 1. The Balaban J connectivity index is 1.37. The summed E-state index contributed by atoms with van der Waals surface area (Å²) in [5, 5.41) is 14.7. The predicted molar refractivity (Wildman–Crippen MR) is 140 cm³/mol. The van der Waals surface area contributed by atoms with Gasteiger partial charge >= 0.3 is 0 Å². The van der Waals surface area contributed by atoms with Gasteiger partial charge in [-0.05, 0) is 42.3 Å². The summed E-state index contributed by atoms with van der Waals surface area (Å²) in [6.45, 7) is 3.78. The maximum atomic E-state index is 13.4. The zero-order valence-electron chi connectivity index (χ0n) is 20.1. The Labute approximate surface area is 213 Å². The van der Waals surface area contributed by atoms with Gasteiger partial charge in [-0.2, -0.15) is 0 Å². The number of rotatable bonds is 9. The fourth-order valence-corrected chi connectivity index (χ4v) is 4.57. The molecule has 8 nitrogen and oxygen atoms in total. The maximum Gasteiger partial charge on any atom is 0.269 e. The van der Waals surface area contributed by atoms with Crippen LogP contribution in [0.4, 0.5) is 5.82 Å². The summed E-state index contributed by atoms with van der Waals surface area (Å²) in [6, 6.07) is 23.6. The molecule has 0 saturated carbocycles. The van der Waals surface area contributed by atoms with E-state index in [1.54, 1.807) is 16.5 Å². The number of aryl methyl sites for hydroxylation is 1. The molecule has 9 heteroatoms. The van der Waals surface area contributed by atoms with Crippen LogP contribution in [0.1, 0.15) is 21.1 Å². The van der Waals surface area contributed by atoms with Crippen molar-refractivity contribution in [3.8, 4) is 17.1 Å². The van der Waals surface area contributed by atoms with Crippen molar-refractivity contribution in [2.45, 2.75) is 13.5 Å². The predicted octanol–water partition coefficient (Wildman–Crippen LogP) is 5.07. The van der Waals surface area contributed by atoms with Crippen molar-refractivity contribution in [1.82, 2.24) is 24.9 Å². The van der Waals surface area contributed by atoms with Crippen LogP contribution in [0.3, 0.4) is 0 Å². The molecule has 5 aromatic rings. The highest BCUT2D eigenvalue weighted by molar-refractivity contribution is 7.12. The van der Waals surface area contributed by atoms with Gasteiger partial charge < -0.3 is 9.32 Å². The number of carbonyl (C=O) groups excluding carboxylic acids is 1. The summed E-state index contributed by atoms with van der Waals surface area (Å²) in [7, 11) is 2.06. The second kappa shape index (κ2) is 10.7. The van der Waals surface area contributed by atoms with Crippen molar-refractivity contribution in [1.29, 1.82) is 0 Å². The van der Waals surface area contributed by atoms with Gasteiger partial charge in [-0.25, -0.2) is 4.68 Å². The van der Waals surface area contributed by atoms with Gasteiger partial charge in [0.15, 0.2) is 5.82 Å². The number of nitrogens with zero attached hydrogens (tertiary/aromatic N) is 6. The highest BCUT2D eigenvalue weighted by Gasteiger charge is 2.21. The van der Waals surface area contributed by atoms with E-state index in [9.17, 15) is 4.79 Å². The van der Waals surface area contributed by atoms with E-state index in [1.807, 2.05) is 72.2 Å². The van der Waals surface area contributed by atoms with E-state index in [-0.39, 0.29) is 5.91 Å². The summed E-state index contributed by atoms with van der Waals surface area (Å²) < 4.78 is 7.32. The van der Waals surface area contributed by atoms with Crippen LogP contribution >= 0.6 is 11.3 Å². The second-order valence-electron chi connectivity index (χ2n) is 8.45. The first-order chi connectivity index (χ1) is 17.6. The van der Waals surface area contributed by atoms with Gasteiger partial charge in [0.2, 0.25) is 11.8 Å². The average Bonchev–Trinajstić information content (AvgIpc) is 3.67. The molecule has 3 aromatic heterocycles. The van der Waals surface area contributed by atoms with Crippen LogP contribution in [-0.2, 0) is 6.54 Å². The highest BCUT2D eigenvalue weighted by atomic mass is 32.1. The standard InChI is InChI=1S/C27H26N6O2S/c1-20-28-29-26(35-20)22-10-6-11-23(18-22)33-14-13-25(30-33)32(27(34)24-12-7-17-36-24)16-15-31(2)19-21-8-4-3-5-9-21/h3-14,17-18H,15-16,19H2,1-2H3. The third-order valence-corrected chi connectivity index (χ3v) is 6.57. The number of thiophene rings is 1. The topological polar surface area (TPSA) is 80.3 Å². The Hall–Kier alpha value is -4.08. The molecule has 3 heterocycles. The molecule has 0 bridgehead atoms. The largest absolute Gasteiger partial charge is 0.421 e. The minimum absolute atomic E-state index is 0.0570.